The molecule has 0 amide bonds. The van der Waals surface area contributed by atoms with Crippen LogP contribution in [0.15, 0.2) is 57.5 Å². The van der Waals surface area contributed by atoms with Crippen molar-refractivity contribution in [3.8, 4) is 0 Å². The highest BCUT2D eigenvalue weighted by molar-refractivity contribution is 14.1. The molecular formula is C17H17Br2IO. The molecular weight excluding hydrogens is 507 g/mol. The average Bonchev–Trinajstić information content (AvgIpc) is 2.92. The van der Waals surface area contributed by atoms with Crippen molar-refractivity contribution in [2.45, 2.75) is 31.3 Å². The Morgan fingerprint density at radius 3 is 1.67 bits per heavy atom. The lowest BCUT2D eigenvalue weighted by atomic mass is 9.92. The summed E-state index contributed by atoms with van der Waals surface area (Å²) in [6.45, 7) is 0. The molecule has 21 heavy (non-hydrogen) atoms. The number of benzene rings is 2. The topological polar surface area (TPSA) is 20.2 Å². The second-order valence-corrected chi connectivity index (χ2v) is 8.26. The van der Waals surface area contributed by atoms with Gasteiger partial charge in [0.1, 0.15) is 0 Å². The predicted molar refractivity (Wildman–Crippen MR) is 103 cm³/mol. The number of aliphatic hydroxyl groups is 1. The van der Waals surface area contributed by atoms with Crippen molar-refractivity contribution in [2.24, 2.45) is 0 Å². The Morgan fingerprint density at radius 2 is 1.24 bits per heavy atom. The van der Waals surface area contributed by atoms with Crippen LogP contribution in [0, 0.1) is 3.57 Å². The number of rotatable bonds is 1. The summed E-state index contributed by atoms with van der Waals surface area (Å²) >= 11 is 9.01. The van der Waals surface area contributed by atoms with E-state index in [0.29, 0.717) is 0 Å². The normalized spacial score (nSPS) is 16.2. The van der Waals surface area contributed by atoms with Crippen LogP contribution in [-0.4, -0.2) is 5.11 Å². The molecule has 1 N–H and O–H groups in total. The van der Waals surface area contributed by atoms with E-state index in [-0.39, 0.29) is 0 Å². The lowest BCUT2D eigenvalue weighted by Gasteiger charge is -2.22. The van der Waals surface area contributed by atoms with Crippen LogP contribution in [0.1, 0.15) is 31.2 Å². The van der Waals surface area contributed by atoms with Gasteiger partial charge in [0.15, 0.2) is 0 Å². The fraction of sp³-hybridized carbons (Fsp3) is 0.294. The van der Waals surface area contributed by atoms with Crippen LogP contribution in [0.2, 0.25) is 0 Å². The Kier molecular flexibility index (Phi) is 6.72. The molecule has 1 aliphatic carbocycles. The monoisotopic (exact) mass is 522 g/mol. The van der Waals surface area contributed by atoms with Crippen LogP contribution in [0.3, 0.4) is 0 Å². The molecule has 0 bridgehead atoms. The van der Waals surface area contributed by atoms with Gasteiger partial charge < -0.3 is 5.11 Å². The highest BCUT2D eigenvalue weighted by atomic mass is 127. The van der Waals surface area contributed by atoms with E-state index in [0.717, 1.165) is 40.2 Å². The maximum atomic E-state index is 10.2. The molecule has 2 aromatic carbocycles. The summed E-state index contributed by atoms with van der Waals surface area (Å²) in [4.78, 5) is 0. The zero-order chi connectivity index (χ0) is 15.3. The molecule has 1 nitrogen and oxygen atoms in total. The third-order valence-electron chi connectivity index (χ3n) is 3.62. The Hall–Kier alpha value is 0.0900. The molecule has 4 heteroatoms. The van der Waals surface area contributed by atoms with Crippen LogP contribution >= 0.6 is 54.5 Å². The zero-order valence-corrected chi connectivity index (χ0v) is 16.9. The molecule has 1 saturated carbocycles. The van der Waals surface area contributed by atoms with E-state index < -0.39 is 5.60 Å². The number of halogens is 3. The Morgan fingerprint density at radius 1 is 0.810 bits per heavy atom. The van der Waals surface area contributed by atoms with Crippen molar-refractivity contribution in [2.75, 3.05) is 0 Å². The molecule has 0 saturated heterocycles. The van der Waals surface area contributed by atoms with Crippen LogP contribution in [-0.2, 0) is 5.60 Å². The van der Waals surface area contributed by atoms with Crippen molar-refractivity contribution in [3.63, 3.8) is 0 Å². The molecule has 2 aromatic rings. The molecule has 0 aromatic heterocycles. The Labute approximate surface area is 156 Å². The summed E-state index contributed by atoms with van der Waals surface area (Å²) in [6.07, 6.45) is 4.11. The molecule has 0 aliphatic heterocycles. The lowest BCUT2D eigenvalue weighted by molar-refractivity contribution is 0.0445. The molecule has 3 rings (SSSR count). The molecule has 0 heterocycles. The first-order valence-electron chi connectivity index (χ1n) is 6.89. The van der Waals surface area contributed by atoms with E-state index in [1.165, 1.54) is 3.57 Å². The Bertz CT molecular complexity index is 539. The van der Waals surface area contributed by atoms with E-state index in [9.17, 15) is 5.11 Å². The minimum absolute atomic E-state index is 0.541. The summed E-state index contributed by atoms with van der Waals surface area (Å²) in [5, 5.41) is 10.2. The zero-order valence-electron chi connectivity index (χ0n) is 11.5. The van der Waals surface area contributed by atoms with Crippen LogP contribution in [0.4, 0.5) is 0 Å². The second-order valence-electron chi connectivity index (χ2n) is 5.18. The summed E-state index contributed by atoms with van der Waals surface area (Å²) in [6, 6.07) is 16.2. The molecule has 1 fully saturated rings. The van der Waals surface area contributed by atoms with Gasteiger partial charge in [-0.05, 0) is 77.4 Å². The van der Waals surface area contributed by atoms with Gasteiger partial charge in [0.2, 0.25) is 0 Å². The van der Waals surface area contributed by atoms with Gasteiger partial charge in [0, 0.05) is 12.5 Å². The SMILES string of the molecule is Brc1ccc(I)cc1.OC1(c2ccc(Br)cc2)CCCC1. The van der Waals surface area contributed by atoms with E-state index in [1.807, 2.05) is 36.4 Å². The molecule has 0 unspecified atom stereocenters. The third kappa shape index (κ3) is 5.34. The van der Waals surface area contributed by atoms with Gasteiger partial charge in [0.25, 0.3) is 0 Å². The highest BCUT2D eigenvalue weighted by Gasteiger charge is 2.32. The smallest absolute Gasteiger partial charge is 0.0896 e. The number of hydrogen-bond donors (Lipinski definition) is 1. The first-order chi connectivity index (χ1) is 9.99. The molecule has 112 valence electrons. The van der Waals surface area contributed by atoms with Gasteiger partial charge in [-0.1, -0.05) is 56.8 Å². The van der Waals surface area contributed by atoms with E-state index >= 15 is 0 Å². The standard InChI is InChI=1S/C11H13BrO.C6H4BrI/c12-10-5-3-9(4-6-10)11(13)7-1-2-8-11;7-5-1-3-6(8)4-2-5/h3-6,13H,1-2,7-8H2;1-4H. The Balaban J connectivity index is 0.000000173. The van der Waals surface area contributed by atoms with Gasteiger partial charge in [-0.15, -0.1) is 0 Å². The van der Waals surface area contributed by atoms with Crippen molar-refractivity contribution in [3.05, 3.63) is 66.6 Å². The highest BCUT2D eigenvalue weighted by Crippen LogP contribution is 2.38. The fourth-order valence-electron chi connectivity index (χ4n) is 2.44. The van der Waals surface area contributed by atoms with E-state index in [4.69, 9.17) is 0 Å². The summed E-state index contributed by atoms with van der Waals surface area (Å²) in [5.74, 6) is 0. The van der Waals surface area contributed by atoms with Crippen LogP contribution < -0.4 is 0 Å². The van der Waals surface area contributed by atoms with Crippen molar-refractivity contribution >= 4 is 54.5 Å². The summed E-state index contributed by atoms with van der Waals surface area (Å²) in [7, 11) is 0. The fourth-order valence-corrected chi connectivity index (χ4v) is 3.33. The summed E-state index contributed by atoms with van der Waals surface area (Å²) < 4.78 is 3.47. The molecule has 0 radical (unpaired) electrons. The maximum absolute atomic E-state index is 10.2. The lowest BCUT2D eigenvalue weighted by Crippen LogP contribution is -2.20. The minimum atomic E-state index is -0.541. The van der Waals surface area contributed by atoms with Crippen LogP contribution in [0.25, 0.3) is 0 Å². The minimum Gasteiger partial charge on any atom is -0.385 e. The largest absolute Gasteiger partial charge is 0.385 e. The van der Waals surface area contributed by atoms with E-state index in [2.05, 4.69) is 66.6 Å². The first kappa shape index (κ1) is 17.4. The van der Waals surface area contributed by atoms with Gasteiger partial charge in [0.05, 0.1) is 5.60 Å². The second kappa shape index (κ2) is 8.09. The van der Waals surface area contributed by atoms with Gasteiger partial charge in [-0.2, -0.15) is 0 Å². The molecule has 1 aliphatic rings. The molecule has 0 spiro atoms. The van der Waals surface area contributed by atoms with Crippen molar-refractivity contribution in [1.29, 1.82) is 0 Å². The average molecular weight is 524 g/mol. The summed E-state index contributed by atoms with van der Waals surface area (Å²) in [5.41, 5.74) is 0.522. The van der Waals surface area contributed by atoms with Gasteiger partial charge in [-0.3, -0.25) is 0 Å². The quantitative estimate of drug-likeness (QED) is 0.437. The van der Waals surface area contributed by atoms with Crippen LogP contribution in [0.5, 0.6) is 0 Å². The maximum Gasteiger partial charge on any atom is 0.0896 e. The van der Waals surface area contributed by atoms with Gasteiger partial charge in [-0.25, -0.2) is 0 Å². The molecule has 0 atom stereocenters. The van der Waals surface area contributed by atoms with Gasteiger partial charge >= 0.3 is 0 Å². The van der Waals surface area contributed by atoms with Crippen molar-refractivity contribution < 1.29 is 5.11 Å². The van der Waals surface area contributed by atoms with E-state index in [1.54, 1.807) is 0 Å². The van der Waals surface area contributed by atoms with Crippen molar-refractivity contribution in [1.82, 2.24) is 0 Å². The predicted octanol–water partition coefficient (Wildman–Crippen LogP) is 6.26. The third-order valence-corrected chi connectivity index (χ3v) is 5.39. The number of hydrogen-bond acceptors (Lipinski definition) is 1. The first-order valence-corrected chi connectivity index (χ1v) is 9.56.